The second-order valence-corrected chi connectivity index (χ2v) is 6.45. The molecule has 0 saturated carbocycles. The Morgan fingerprint density at radius 3 is 2.40 bits per heavy atom. The van der Waals surface area contributed by atoms with Crippen LogP contribution in [0.1, 0.15) is 37.0 Å². The minimum atomic E-state index is -0.423. The summed E-state index contributed by atoms with van der Waals surface area (Å²) in [7, 11) is 1.36. The third-order valence-electron chi connectivity index (χ3n) is 2.82. The van der Waals surface area contributed by atoms with Gasteiger partial charge >= 0.3 is 5.97 Å². The molecule has 2 aromatic rings. The Hall–Kier alpha value is -1.44. The number of carbonyl (C=O) groups excluding carboxylic acids is 1. The molecular weight excluding hydrogens is 369 g/mol. The molecule has 106 valence electrons. The number of pyridine rings is 1. The van der Waals surface area contributed by atoms with Crippen molar-refractivity contribution in [2.24, 2.45) is 0 Å². The number of ether oxygens (including phenoxy) is 1. The number of hydrogen-bond acceptors (Lipinski definition) is 4. The maximum absolute atomic E-state index is 11.8. The lowest BCUT2D eigenvalue weighted by Crippen LogP contribution is -2.18. The van der Waals surface area contributed by atoms with Crippen molar-refractivity contribution in [3.8, 4) is 5.69 Å². The van der Waals surface area contributed by atoms with E-state index in [2.05, 4.69) is 53.4 Å². The highest BCUT2D eigenvalue weighted by molar-refractivity contribution is 14.1. The number of nitrogens with zero attached hydrogens (tertiary/aromatic N) is 3. The van der Waals surface area contributed by atoms with E-state index in [4.69, 9.17) is 4.74 Å². The fraction of sp³-hybridized carbons (Fsp3) is 0.357. The Bertz CT molecular complexity index is 630. The Balaban J connectivity index is 2.71. The molecule has 0 aliphatic heterocycles. The lowest BCUT2D eigenvalue weighted by molar-refractivity contribution is 0.0592. The molecule has 0 fully saturated rings. The van der Waals surface area contributed by atoms with Gasteiger partial charge in [-0.1, -0.05) is 20.8 Å². The van der Waals surface area contributed by atoms with Gasteiger partial charge in [0, 0.05) is 17.8 Å². The molecule has 0 N–H and O–H groups in total. The van der Waals surface area contributed by atoms with Gasteiger partial charge in [-0.25, -0.2) is 9.48 Å². The molecule has 0 aromatic carbocycles. The summed E-state index contributed by atoms with van der Waals surface area (Å²) in [6.45, 7) is 6.26. The predicted octanol–water partition coefficient (Wildman–Crippen LogP) is 2.96. The Morgan fingerprint density at radius 2 is 1.90 bits per heavy atom. The summed E-state index contributed by atoms with van der Waals surface area (Å²) < 4.78 is 7.41. The van der Waals surface area contributed by atoms with E-state index >= 15 is 0 Å². The lowest BCUT2D eigenvalue weighted by Gasteiger charge is -2.21. The molecule has 0 aliphatic rings. The second-order valence-electron chi connectivity index (χ2n) is 5.37. The van der Waals surface area contributed by atoms with E-state index in [1.807, 2.05) is 12.1 Å². The van der Waals surface area contributed by atoms with E-state index in [-0.39, 0.29) is 5.41 Å². The average Bonchev–Trinajstić information content (AvgIpc) is 2.76. The van der Waals surface area contributed by atoms with Crippen LogP contribution in [0.2, 0.25) is 0 Å². The Labute approximate surface area is 131 Å². The van der Waals surface area contributed by atoms with E-state index in [0.29, 0.717) is 5.69 Å². The SMILES string of the molecule is COC(=O)c1nn(-c2ccncc2)c(C(C)(C)C)c1I. The van der Waals surface area contributed by atoms with Gasteiger partial charge in [0.25, 0.3) is 0 Å². The second kappa shape index (κ2) is 5.51. The van der Waals surface area contributed by atoms with Crippen LogP contribution in [-0.4, -0.2) is 27.8 Å². The van der Waals surface area contributed by atoms with Gasteiger partial charge < -0.3 is 4.74 Å². The molecule has 0 radical (unpaired) electrons. The molecule has 5 nitrogen and oxygen atoms in total. The first-order valence-corrected chi connectivity index (χ1v) is 7.22. The van der Waals surface area contributed by atoms with Gasteiger partial charge in [-0.15, -0.1) is 0 Å². The molecule has 20 heavy (non-hydrogen) atoms. The summed E-state index contributed by atoms with van der Waals surface area (Å²) in [5, 5.41) is 4.42. The van der Waals surface area contributed by atoms with E-state index < -0.39 is 5.97 Å². The van der Waals surface area contributed by atoms with Crippen molar-refractivity contribution in [3.05, 3.63) is 39.5 Å². The molecule has 0 bridgehead atoms. The molecule has 0 aliphatic carbocycles. The van der Waals surface area contributed by atoms with Crippen molar-refractivity contribution in [2.75, 3.05) is 7.11 Å². The van der Waals surface area contributed by atoms with Crippen LogP contribution in [0.4, 0.5) is 0 Å². The molecular formula is C14H16IN3O2. The lowest BCUT2D eigenvalue weighted by atomic mass is 9.91. The number of halogens is 1. The van der Waals surface area contributed by atoms with Gasteiger partial charge in [-0.3, -0.25) is 4.98 Å². The molecule has 0 atom stereocenters. The Morgan fingerprint density at radius 1 is 1.30 bits per heavy atom. The zero-order valence-electron chi connectivity index (χ0n) is 11.8. The van der Waals surface area contributed by atoms with E-state index in [1.165, 1.54) is 7.11 Å². The van der Waals surface area contributed by atoms with Crippen LogP contribution in [0.15, 0.2) is 24.5 Å². The summed E-state index contributed by atoms with van der Waals surface area (Å²) in [5.41, 5.74) is 2.04. The molecule has 0 amide bonds. The predicted molar refractivity (Wildman–Crippen MR) is 84.1 cm³/mol. The van der Waals surface area contributed by atoms with Crippen LogP contribution in [0, 0.1) is 3.57 Å². The molecule has 0 saturated heterocycles. The third kappa shape index (κ3) is 2.70. The number of rotatable bonds is 2. The molecule has 6 heteroatoms. The number of methoxy groups -OCH3 is 1. The largest absolute Gasteiger partial charge is 0.464 e. The first-order valence-electron chi connectivity index (χ1n) is 6.14. The maximum Gasteiger partial charge on any atom is 0.359 e. The highest BCUT2D eigenvalue weighted by Crippen LogP contribution is 2.31. The quantitative estimate of drug-likeness (QED) is 0.589. The zero-order chi connectivity index (χ0) is 14.9. The topological polar surface area (TPSA) is 57.0 Å². The minimum absolute atomic E-state index is 0.154. The molecule has 2 rings (SSSR count). The number of hydrogen-bond donors (Lipinski definition) is 0. The van der Waals surface area contributed by atoms with Gasteiger partial charge in [0.05, 0.1) is 22.1 Å². The van der Waals surface area contributed by atoms with Crippen LogP contribution in [0.5, 0.6) is 0 Å². The average molecular weight is 385 g/mol. The van der Waals surface area contributed by atoms with Crippen molar-refractivity contribution in [2.45, 2.75) is 26.2 Å². The van der Waals surface area contributed by atoms with Gasteiger partial charge in [0.15, 0.2) is 5.69 Å². The number of carbonyl (C=O) groups is 1. The fourth-order valence-electron chi connectivity index (χ4n) is 1.95. The van der Waals surface area contributed by atoms with Crippen molar-refractivity contribution < 1.29 is 9.53 Å². The smallest absolute Gasteiger partial charge is 0.359 e. The number of aromatic nitrogens is 3. The molecule has 2 heterocycles. The zero-order valence-corrected chi connectivity index (χ0v) is 14.0. The van der Waals surface area contributed by atoms with Gasteiger partial charge in [-0.2, -0.15) is 5.10 Å². The highest BCUT2D eigenvalue weighted by atomic mass is 127. The van der Waals surface area contributed by atoms with Gasteiger partial charge in [-0.05, 0) is 34.7 Å². The molecule has 0 spiro atoms. The summed E-state index contributed by atoms with van der Waals surface area (Å²) in [5.74, 6) is -0.423. The van der Waals surface area contributed by atoms with E-state index in [0.717, 1.165) is 15.0 Å². The minimum Gasteiger partial charge on any atom is -0.464 e. The molecule has 0 unspecified atom stereocenters. The van der Waals surface area contributed by atoms with Gasteiger partial charge in [0.2, 0.25) is 0 Å². The first kappa shape index (κ1) is 15.0. The first-order chi connectivity index (χ1) is 9.36. The van der Waals surface area contributed by atoms with Crippen LogP contribution >= 0.6 is 22.6 Å². The standard InChI is InChI=1S/C14H16IN3O2/c1-14(2,3)12-10(15)11(13(19)20-4)17-18(12)9-5-7-16-8-6-9/h5-8H,1-4H3. The summed E-state index contributed by atoms with van der Waals surface area (Å²) >= 11 is 2.15. The van der Waals surface area contributed by atoms with Crippen molar-refractivity contribution in [3.63, 3.8) is 0 Å². The van der Waals surface area contributed by atoms with Crippen molar-refractivity contribution >= 4 is 28.6 Å². The maximum atomic E-state index is 11.8. The van der Waals surface area contributed by atoms with Gasteiger partial charge in [0.1, 0.15) is 0 Å². The van der Waals surface area contributed by atoms with E-state index in [9.17, 15) is 4.79 Å². The summed E-state index contributed by atoms with van der Waals surface area (Å²) in [6, 6.07) is 3.72. The van der Waals surface area contributed by atoms with Crippen LogP contribution in [0.3, 0.4) is 0 Å². The Kier molecular flexibility index (Phi) is 4.12. The normalized spacial score (nSPS) is 11.4. The van der Waals surface area contributed by atoms with Crippen LogP contribution in [-0.2, 0) is 10.2 Å². The molecule has 2 aromatic heterocycles. The summed E-state index contributed by atoms with van der Waals surface area (Å²) in [4.78, 5) is 15.9. The van der Waals surface area contributed by atoms with Crippen molar-refractivity contribution in [1.29, 1.82) is 0 Å². The van der Waals surface area contributed by atoms with Crippen LogP contribution < -0.4 is 0 Å². The highest BCUT2D eigenvalue weighted by Gasteiger charge is 2.29. The van der Waals surface area contributed by atoms with Crippen LogP contribution in [0.25, 0.3) is 5.69 Å². The van der Waals surface area contributed by atoms with E-state index in [1.54, 1.807) is 17.1 Å². The number of esters is 1. The summed E-state index contributed by atoms with van der Waals surface area (Å²) in [6.07, 6.45) is 3.41. The third-order valence-corrected chi connectivity index (χ3v) is 3.85. The monoisotopic (exact) mass is 385 g/mol. The van der Waals surface area contributed by atoms with Crippen molar-refractivity contribution in [1.82, 2.24) is 14.8 Å². The fourth-order valence-corrected chi connectivity index (χ4v) is 3.31.